The molecule has 1 heterocycles. The summed E-state index contributed by atoms with van der Waals surface area (Å²) in [6.07, 6.45) is 5.30. The van der Waals surface area contributed by atoms with Gasteiger partial charge in [0.1, 0.15) is 0 Å². The van der Waals surface area contributed by atoms with Gasteiger partial charge in [0.15, 0.2) is 0 Å². The highest BCUT2D eigenvalue weighted by molar-refractivity contribution is 5.87. The molecule has 5 heteroatoms. The fourth-order valence-electron chi connectivity index (χ4n) is 3.11. The van der Waals surface area contributed by atoms with Crippen molar-refractivity contribution in [1.29, 1.82) is 0 Å². The van der Waals surface area contributed by atoms with Gasteiger partial charge >= 0.3 is 0 Å². The third-order valence-corrected chi connectivity index (χ3v) is 4.17. The summed E-state index contributed by atoms with van der Waals surface area (Å²) in [6.45, 7) is 3.03. The first kappa shape index (κ1) is 13.3. The van der Waals surface area contributed by atoms with Crippen LogP contribution in [0, 0.1) is 5.92 Å². The van der Waals surface area contributed by atoms with Crippen LogP contribution in [0.25, 0.3) is 0 Å². The number of primary amides is 1. The smallest absolute Gasteiger partial charge is 0.240 e. The number of carbonyl (C=O) groups is 2. The molecule has 0 spiro atoms. The number of nitrogens with two attached hydrogens (primary N) is 1. The fraction of sp³-hybridized carbons (Fsp3) is 0.846. The van der Waals surface area contributed by atoms with E-state index in [-0.39, 0.29) is 24.5 Å². The van der Waals surface area contributed by atoms with Gasteiger partial charge in [-0.25, -0.2) is 0 Å². The van der Waals surface area contributed by atoms with Gasteiger partial charge in [-0.05, 0) is 31.7 Å². The lowest BCUT2D eigenvalue weighted by Gasteiger charge is -2.31. The van der Waals surface area contributed by atoms with Crippen molar-refractivity contribution in [2.75, 3.05) is 13.1 Å². The molecule has 102 valence electrons. The van der Waals surface area contributed by atoms with Crippen LogP contribution in [0.1, 0.15) is 39.0 Å². The van der Waals surface area contributed by atoms with Crippen LogP contribution in [-0.4, -0.2) is 41.9 Å². The van der Waals surface area contributed by atoms with Gasteiger partial charge in [0, 0.05) is 6.04 Å². The van der Waals surface area contributed by atoms with E-state index in [4.69, 9.17) is 5.73 Å². The lowest BCUT2D eigenvalue weighted by molar-refractivity contribution is -0.139. The second kappa shape index (κ2) is 5.69. The number of rotatable bonds is 4. The summed E-state index contributed by atoms with van der Waals surface area (Å²) in [7, 11) is 0. The zero-order valence-corrected chi connectivity index (χ0v) is 11.0. The van der Waals surface area contributed by atoms with E-state index < -0.39 is 5.91 Å². The molecule has 1 saturated heterocycles. The van der Waals surface area contributed by atoms with Crippen LogP contribution in [0.15, 0.2) is 0 Å². The van der Waals surface area contributed by atoms with Gasteiger partial charge in [0.05, 0.1) is 12.6 Å². The number of amides is 2. The maximum absolute atomic E-state index is 12.5. The molecule has 2 amide bonds. The molecule has 2 aliphatic rings. The molecular formula is C13H23N3O2. The molecule has 1 aliphatic carbocycles. The predicted octanol–water partition coefficient (Wildman–Crippen LogP) is 0.241. The fourth-order valence-corrected chi connectivity index (χ4v) is 3.11. The molecular weight excluding hydrogens is 230 g/mol. The molecule has 1 aliphatic heterocycles. The Morgan fingerprint density at radius 3 is 2.44 bits per heavy atom. The van der Waals surface area contributed by atoms with Crippen molar-refractivity contribution in [3.8, 4) is 0 Å². The zero-order chi connectivity index (χ0) is 13.1. The van der Waals surface area contributed by atoms with Gasteiger partial charge in [-0.1, -0.05) is 19.8 Å². The summed E-state index contributed by atoms with van der Waals surface area (Å²) in [5.74, 6) is -0.0131. The van der Waals surface area contributed by atoms with Crippen molar-refractivity contribution >= 4 is 11.8 Å². The third-order valence-electron chi connectivity index (χ3n) is 4.17. The minimum Gasteiger partial charge on any atom is -0.368 e. The lowest BCUT2D eigenvalue weighted by Crippen LogP contribution is -2.52. The molecule has 5 nitrogen and oxygen atoms in total. The molecule has 2 atom stereocenters. The molecule has 0 aromatic rings. The Labute approximate surface area is 108 Å². The first-order valence-electron chi connectivity index (χ1n) is 6.91. The highest BCUT2D eigenvalue weighted by Gasteiger charge is 2.36. The maximum atomic E-state index is 12.5. The van der Waals surface area contributed by atoms with E-state index in [1.807, 2.05) is 0 Å². The van der Waals surface area contributed by atoms with Crippen LogP contribution in [0.3, 0.4) is 0 Å². The molecule has 2 unspecified atom stereocenters. The van der Waals surface area contributed by atoms with Crippen LogP contribution < -0.4 is 11.1 Å². The van der Waals surface area contributed by atoms with Crippen LogP contribution in [0.2, 0.25) is 0 Å². The topological polar surface area (TPSA) is 75.4 Å². The van der Waals surface area contributed by atoms with Crippen molar-refractivity contribution in [3.05, 3.63) is 0 Å². The predicted molar refractivity (Wildman–Crippen MR) is 68.7 cm³/mol. The van der Waals surface area contributed by atoms with Gasteiger partial charge in [-0.3, -0.25) is 9.59 Å². The molecule has 1 saturated carbocycles. The molecule has 0 bridgehead atoms. The minimum absolute atomic E-state index is 0.0608. The summed E-state index contributed by atoms with van der Waals surface area (Å²) in [5, 5.41) is 3.24. The highest BCUT2D eigenvalue weighted by atomic mass is 16.2. The van der Waals surface area contributed by atoms with E-state index in [0.29, 0.717) is 5.92 Å². The van der Waals surface area contributed by atoms with E-state index in [1.165, 1.54) is 0 Å². The standard InChI is InChI=1S/C13H23N3O2/c1-9-6-7-15-12(9)13(18)16(8-11(14)17)10-4-2-3-5-10/h9-10,12,15H,2-8H2,1H3,(H2,14,17). The van der Waals surface area contributed by atoms with Crippen molar-refractivity contribution in [3.63, 3.8) is 0 Å². The van der Waals surface area contributed by atoms with E-state index >= 15 is 0 Å². The Hall–Kier alpha value is -1.10. The molecule has 2 fully saturated rings. The highest BCUT2D eigenvalue weighted by Crippen LogP contribution is 2.26. The van der Waals surface area contributed by atoms with Crippen LogP contribution in [-0.2, 0) is 9.59 Å². The lowest BCUT2D eigenvalue weighted by atomic mass is 10.0. The molecule has 2 rings (SSSR count). The van der Waals surface area contributed by atoms with E-state index in [9.17, 15) is 9.59 Å². The zero-order valence-electron chi connectivity index (χ0n) is 11.0. The Bertz CT molecular complexity index is 326. The summed E-state index contributed by atoms with van der Waals surface area (Å²) in [5.41, 5.74) is 5.28. The van der Waals surface area contributed by atoms with Gasteiger partial charge < -0.3 is 16.0 Å². The first-order chi connectivity index (χ1) is 8.59. The molecule has 0 aromatic carbocycles. The first-order valence-corrected chi connectivity index (χ1v) is 6.91. The average Bonchev–Trinajstić information content (AvgIpc) is 2.95. The second-order valence-corrected chi connectivity index (χ2v) is 5.57. The van der Waals surface area contributed by atoms with Crippen LogP contribution >= 0.6 is 0 Å². The van der Waals surface area contributed by atoms with Crippen LogP contribution in [0.5, 0.6) is 0 Å². The van der Waals surface area contributed by atoms with Gasteiger partial charge in [0.2, 0.25) is 11.8 Å². The van der Waals surface area contributed by atoms with Gasteiger partial charge in [-0.2, -0.15) is 0 Å². The van der Waals surface area contributed by atoms with Crippen molar-refractivity contribution in [2.24, 2.45) is 11.7 Å². The number of nitrogens with one attached hydrogen (secondary N) is 1. The molecule has 3 N–H and O–H groups in total. The number of nitrogens with zero attached hydrogens (tertiary/aromatic N) is 1. The average molecular weight is 253 g/mol. The monoisotopic (exact) mass is 253 g/mol. The molecule has 0 aromatic heterocycles. The summed E-state index contributed by atoms with van der Waals surface area (Å²) >= 11 is 0. The van der Waals surface area contributed by atoms with Crippen molar-refractivity contribution < 1.29 is 9.59 Å². The normalized spacial score (nSPS) is 28.5. The Morgan fingerprint density at radius 2 is 1.94 bits per heavy atom. The second-order valence-electron chi connectivity index (χ2n) is 5.57. The quantitative estimate of drug-likeness (QED) is 0.753. The summed E-state index contributed by atoms with van der Waals surface area (Å²) in [4.78, 5) is 25.4. The molecule has 0 radical (unpaired) electrons. The SMILES string of the molecule is CC1CCNC1C(=O)N(CC(N)=O)C1CCCC1. The van der Waals surface area contributed by atoms with Gasteiger partial charge in [0.25, 0.3) is 0 Å². The van der Waals surface area contributed by atoms with E-state index in [0.717, 1.165) is 38.6 Å². The van der Waals surface area contributed by atoms with E-state index in [2.05, 4.69) is 12.2 Å². The maximum Gasteiger partial charge on any atom is 0.240 e. The number of carbonyl (C=O) groups excluding carboxylic acids is 2. The number of hydrogen-bond donors (Lipinski definition) is 2. The van der Waals surface area contributed by atoms with Crippen molar-refractivity contribution in [1.82, 2.24) is 10.2 Å². The Balaban J connectivity index is 2.06. The largest absolute Gasteiger partial charge is 0.368 e. The van der Waals surface area contributed by atoms with Gasteiger partial charge in [-0.15, -0.1) is 0 Å². The Kier molecular flexibility index (Phi) is 4.22. The van der Waals surface area contributed by atoms with E-state index in [1.54, 1.807) is 4.90 Å². The minimum atomic E-state index is -0.416. The summed E-state index contributed by atoms with van der Waals surface area (Å²) < 4.78 is 0. The molecule has 18 heavy (non-hydrogen) atoms. The Morgan fingerprint density at radius 1 is 1.28 bits per heavy atom. The van der Waals surface area contributed by atoms with Crippen molar-refractivity contribution in [2.45, 2.75) is 51.1 Å². The third kappa shape index (κ3) is 2.83. The summed E-state index contributed by atoms with van der Waals surface area (Å²) in [6, 6.07) is 0.0737. The van der Waals surface area contributed by atoms with Crippen LogP contribution in [0.4, 0.5) is 0 Å². The number of hydrogen-bond acceptors (Lipinski definition) is 3.